The van der Waals surface area contributed by atoms with Crippen LogP contribution in [0.5, 0.6) is 0 Å². The third kappa shape index (κ3) is 3.45. The molecular weight excluding hydrogens is 345 g/mol. The maximum Gasteiger partial charge on any atom is 0.243 e. The summed E-state index contributed by atoms with van der Waals surface area (Å²) in [5, 5.41) is 0. The lowest BCUT2D eigenvalue weighted by atomic mass is 10.1. The van der Waals surface area contributed by atoms with E-state index in [9.17, 15) is 12.8 Å². The van der Waals surface area contributed by atoms with Crippen LogP contribution in [0.3, 0.4) is 0 Å². The fraction of sp³-hybridized carbons (Fsp3) is 0.143. The van der Waals surface area contributed by atoms with Gasteiger partial charge in [-0.05, 0) is 36.2 Å². The van der Waals surface area contributed by atoms with Crippen LogP contribution < -0.4 is 4.72 Å². The summed E-state index contributed by atoms with van der Waals surface area (Å²) in [7, 11) is -3.88. The smallest absolute Gasteiger partial charge is 0.207 e. The fourth-order valence-corrected chi connectivity index (χ4v) is 3.36. The molecule has 0 fully saturated rings. The molecule has 2 aromatic rings. The summed E-state index contributed by atoms with van der Waals surface area (Å²) in [6, 6.07) is 11.2. The van der Waals surface area contributed by atoms with E-state index in [1.54, 1.807) is 0 Å². The normalized spacial score (nSPS) is 11.6. The molecule has 106 valence electrons. The van der Waals surface area contributed by atoms with Crippen molar-refractivity contribution in [1.82, 2.24) is 4.72 Å². The maximum absolute atomic E-state index is 13.6. The summed E-state index contributed by atoms with van der Waals surface area (Å²) in [5.74, 6) is -0.773. The molecule has 6 heteroatoms. The van der Waals surface area contributed by atoms with E-state index in [1.165, 1.54) is 12.1 Å². The summed E-state index contributed by atoms with van der Waals surface area (Å²) in [5.41, 5.74) is 1.83. The molecule has 0 atom stereocenters. The molecule has 0 aliphatic heterocycles. The Morgan fingerprint density at radius 2 is 1.90 bits per heavy atom. The Morgan fingerprint density at radius 3 is 2.60 bits per heavy atom. The van der Waals surface area contributed by atoms with Crippen LogP contribution in [0.4, 0.5) is 4.39 Å². The number of hydrogen-bond acceptors (Lipinski definition) is 2. The number of rotatable bonds is 4. The van der Waals surface area contributed by atoms with Gasteiger partial charge in [-0.2, -0.15) is 0 Å². The number of sulfonamides is 1. The molecule has 0 unspecified atom stereocenters. The first-order chi connectivity index (χ1) is 9.40. The van der Waals surface area contributed by atoms with Crippen molar-refractivity contribution in [3.8, 4) is 0 Å². The molecule has 0 aliphatic carbocycles. The van der Waals surface area contributed by atoms with Crippen molar-refractivity contribution in [2.24, 2.45) is 0 Å². The summed E-state index contributed by atoms with van der Waals surface area (Å²) < 4.78 is 40.8. The summed E-state index contributed by atoms with van der Waals surface area (Å²) >= 11 is 3.14. The van der Waals surface area contributed by atoms with E-state index in [1.807, 2.05) is 31.2 Å². The minimum atomic E-state index is -3.88. The maximum atomic E-state index is 13.6. The molecule has 0 amide bonds. The van der Waals surface area contributed by atoms with E-state index in [0.29, 0.717) is 4.47 Å². The number of aryl methyl sites for hydroxylation is 1. The lowest BCUT2D eigenvalue weighted by Gasteiger charge is -2.09. The highest BCUT2D eigenvalue weighted by atomic mass is 79.9. The van der Waals surface area contributed by atoms with Crippen molar-refractivity contribution in [1.29, 1.82) is 0 Å². The Hall–Kier alpha value is -1.24. The van der Waals surface area contributed by atoms with E-state index < -0.39 is 15.8 Å². The van der Waals surface area contributed by atoms with Gasteiger partial charge in [-0.3, -0.25) is 0 Å². The van der Waals surface area contributed by atoms with Gasteiger partial charge in [0.2, 0.25) is 10.0 Å². The molecule has 1 N–H and O–H groups in total. The van der Waals surface area contributed by atoms with Crippen molar-refractivity contribution in [2.75, 3.05) is 0 Å². The van der Waals surface area contributed by atoms with Crippen LogP contribution in [0.15, 0.2) is 51.8 Å². The zero-order valence-corrected chi connectivity index (χ0v) is 13.1. The second-order valence-corrected chi connectivity index (χ2v) is 6.98. The van der Waals surface area contributed by atoms with E-state index in [0.717, 1.165) is 17.2 Å². The monoisotopic (exact) mass is 357 g/mol. The molecule has 2 aromatic carbocycles. The topological polar surface area (TPSA) is 46.2 Å². The first-order valence-electron chi connectivity index (χ1n) is 5.89. The van der Waals surface area contributed by atoms with Gasteiger partial charge in [0.15, 0.2) is 0 Å². The van der Waals surface area contributed by atoms with Crippen LogP contribution in [-0.4, -0.2) is 8.42 Å². The summed E-state index contributed by atoms with van der Waals surface area (Å²) in [6.07, 6.45) is 0. The van der Waals surface area contributed by atoms with Crippen LogP contribution >= 0.6 is 15.9 Å². The van der Waals surface area contributed by atoms with Gasteiger partial charge in [-0.1, -0.05) is 40.2 Å². The minimum Gasteiger partial charge on any atom is -0.207 e. The van der Waals surface area contributed by atoms with Crippen LogP contribution in [0, 0.1) is 12.7 Å². The van der Waals surface area contributed by atoms with Crippen molar-refractivity contribution < 1.29 is 12.8 Å². The molecule has 2 rings (SSSR count). The molecule has 0 aromatic heterocycles. The quantitative estimate of drug-likeness (QED) is 0.911. The highest BCUT2D eigenvalue weighted by Crippen LogP contribution is 2.20. The van der Waals surface area contributed by atoms with Gasteiger partial charge in [0.25, 0.3) is 0 Å². The van der Waals surface area contributed by atoms with Gasteiger partial charge in [-0.25, -0.2) is 17.5 Å². The van der Waals surface area contributed by atoms with Gasteiger partial charge in [0.05, 0.1) is 0 Å². The van der Waals surface area contributed by atoms with Crippen LogP contribution in [0.1, 0.15) is 11.1 Å². The summed E-state index contributed by atoms with van der Waals surface area (Å²) in [4.78, 5) is -0.361. The first kappa shape index (κ1) is 15.2. The molecule has 3 nitrogen and oxygen atoms in total. The second-order valence-electron chi connectivity index (χ2n) is 4.33. The third-order valence-electron chi connectivity index (χ3n) is 2.90. The second kappa shape index (κ2) is 6.03. The molecule has 0 bridgehead atoms. The van der Waals surface area contributed by atoms with Crippen molar-refractivity contribution in [2.45, 2.75) is 18.4 Å². The van der Waals surface area contributed by atoms with E-state index in [4.69, 9.17) is 0 Å². The number of hydrogen-bond donors (Lipinski definition) is 1. The molecule has 0 spiro atoms. The van der Waals surface area contributed by atoms with Gasteiger partial charge >= 0.3 is 0 Å². The van der Waals surface area contributed by atoms with Gasteiger partial charge in [0.1, 0.15) is 10.7 Å². The number of nitrogens with one attached hydrogen (secondary N) is 1. The molecule has 0 saturated carbocycles. The highest BCUT2D eigenvalue weighted by Gasteiger charge is 2.19. The average molecular weight is 358 g/mol. The van der Waals surface area contributed by atoms with E-state index >= 15 is 0 Å². The Labute approximate surface area is 126 Å². The Kier molecular flexibility index (Phi) is 4.57. The molecular formula is C14H13BrFNO2S. The van der Waals surface area contributed by atoms with Crippen molar-refractivity contribution >= 4 is 26.0 Å². The molecule has 0 saturated heterocycles. The lowest BCUT2D eigenvalue weighted by molar-refractivity contribution is 0.556. The van der Waals surface area contributed by atoms with E-state index in [-0.39, 0.29) is 11.4 Å². The molecule has 0 aliphatic rings. The van der Waals surface area contributed by atoms with Gasteiger partial charge < -0.3 is 0 Å². The predicted molar refractivity (Wildman–Crippen MR) is 79.3 cm³/mol. The Bertz CT molecular complexity index is 732. The zero-order valence-electron chi connectivity index (χ0n) is 10.7. The van der Waals surface area contributed by atoms with Crippen molar-refractivity contribution in [3.63, 3.8) is 0 Å². The van der Waals surface area contributed by atoms with Gasteiger partial charge in [0, 0.05) is 11.0 Å². The highest BCUT2D eigenvalue weighted by molar-refractivity contribution is 9.10. The molecule has 20 heavy (non-hydrogen) atoms. The minimum absolute atomic E-state index is 0.126. The molecule has 0 radical (unpaired) electrons. The zero-order chi connectivity index (χ0) is 14.8. The first-order valence-corrected chi connectivity index (χ1v) is 8.17. The Balaban J connectivity index is 2.24. The Morgan fingerprint density at radius 1 is 1.20 bits per heavy atom. The SMILES string of the molecule is Cc1ccccc1CNS(=O)(=O)c1cc(Br)ccc1F. The predicted octanol–water partition coefficient (Wildman–Crippen LogP) is 3.38. The summed E-state index contributed by atoms with van der Waals surface area (Å²) in [6.45, 7) is 2.02. The number of benzene rings is 2. The van der Waals surface area contributed by atoms with Crippen LogP contribution in [0.25, 0.3) is 0 Å². The van der Waals surface area contributed by atoms with Gasteiger partial charge in [-0.15, -0.1) is 0 Å². The molecule has 0 heterocycles. The number of halogens is 2. The third-order valence-corrected chi connectivity index (χ3v) is 4.81. The van der Waals surface area contributed by atoms with Crippen LogP contribution in [0.2, 0.25) is 0 Å². The standard InChI is InChI=1S/C14H13BrFNO2S/c1-10-4-2-3-5-11(10)9-17-20(18,19)14-8-12(15)6-7-13(14)16/h2-8,17H,9H2,1H3. The average Bonchev–Trinajstić information content (AvgIpc) is 2.40. The van der Waals surface area contributed by atoms with E-state index in [2.05, 4.69) is 20.7 Å². The lowest BCUT2D eigenvalue weighted by Crippen LogP contribution is -2.24. The van der Waals surface area contributed by atoms with Crippen molar-refractivity contribution in [3.05, 3.63) is 63.9 Å². The fourth-order valence-electron chi connectivity index (χ4n) is 1.74. The largest absolute Gasteiger partial charge is 0.243 e. The van der Waals surface area contributed by atoms with Crippen LogP contribution in [-0.2, 0) is 16.6 Å².